The van der Waals surface area contributed by atoms with Crippen molar-refractivity contribution >= 4 is 12.0 Å². The molecule has 0 spiro atoms. The van der Waals surface area contributed by atoms with Crippen LogP contribution in [0.4, 0.5) is 4.79 Å². The van der Waals surface area contributed by atoms with Crippen LogP contribution in [0.3, 0.4) is 0 Å². The van der Waals surface area contributed by atoms with Crippen LogP contribution in [0.1, 0.15) is 23.3 Å². The summed E-state index contributed by atoms with van der Waals surface area (Å²) in [6, 6.07) is 2.91. The molecule has 7 heteroatoms. The molecule has 7 nitrogen and oxygen atoms in total. The molecule has 3 N–H and O–H groups in total. The van der Waals surface area contributed by atoms with Crippen LogP contribution in [-0.4, -0.2) is 46.2 Å². The summed E-state index contributed by atoms with van der Waals surface area (Å²) in [5.41, 5.74) is 5.10. The molecule has 0 aliphatic carbocycles. The molecule has 0 aromatic carbocycles. The fourth-order valence-electron chi connectivity index (χ4n) is 1.98. The monoisotopic (exact) mass is 265 g/mol. The van der Waals surface area contributed by atoms with E-state index in [0.717, 1.165) is 6.42 Å². The third kappa shape index (κ3) is 3.41. The molecule has 1 fully saturated rings. The minimum absolute atomic E-state index is 0.183. The lowest BCUT2D eigenvalue weighted by Gasteiger charge is -2.29. The van der Waals surface area contributed by atoms with Gasteiger partial charge >= 0.3 is 6.09 Å². The molecule has 19 heavy (non-hydrogen) atoms. The van der Waals surface area contributed by atoms with Gasteiger partial charge in [-0.05, 0) is 25.0 Å². The van der Waals surface area contributed by atoms with E-state index in [4.69, 9.17) is 5.73 Å². The van der Waals surface area contributed by atoms with Gasteiger partial charge in [-0.1, -0.05) is 0 Å². The minimum atomic E-state index is -0.931. The summed E-state index contributed by atoms with van der Waals surface area (Å²) in [5, 5.41) is 9.53. The molecular formula is C12H15N3O4. The lowest BCUT2D eigenvalue weighted by molar-refractivity contribution is 0.0469. The smallest absolute Gasteiger partial charge is 0.409 e. The number of ether oxygens (including phenoxy) is 1. The zero-order chi connectivity index (χ0) is 13.8. The molecule has 2 heterocycles. The van der Waals surface area contributed by atoms with Crippen molar-refractivity contribution in [2.24, 2.45) is 5.73 Å². The van der Waals surface area contributed by atoms with Crippen LogP contribution >= 0.6 is 0 Å². The summed E-state index contributed by atoms with van der Waals surface area (Å²) >= 11 is 0. The van der Waals surface area contributed by atoms with Crippen molar-refractivity contribution < 1.29 is 19.4 Å². The topological polar surface area (TPSA) is 106 Å². The normalized spacial score (nSPS) is 19.0. The van der Waals surface area contributed by atoms with E-state index in [-0.39, 0.29) is 17.4 Å². The van der Waals surface area contributed by atoms with E-state index in [9.17, 15) is 14.7 Å². The molecule has 1 atom stereocenters. The van der Waals surface area contributed by atoms with E-state index in [0.29, 0.717) is 19.5 Å². The van der Waals surface area contributed by atoms with E-state index in [1.165, 1.54) is 18.3 Å². The minimum Gasteiger partial charge on any atom is -0.409 e. The number of aliphatic hydroxyl groups is 1. The van der Waals surface area contributed by atoms with Gasteiger partial charge in [0.05, 0.1) is 12.3 Å². The Bertz CT molecular complexity index is 474. The summed E-state index contributed by atoms with van der Waals surface area (Å²) in [4.78, 5) is 28.1. The summed E-state index contributed by atoms with van der Waals surface area (Å²) in [7, 11) is 0. The fraction of sp³-hybridized carbons (Fsp3) is 0.417. The average molecular weight is 265 g/mol. The van der Waals surface area contributed by atoms with Gasteiger partial charge in [0.25, 0.3) is 5.91 Å². The standard InChI is InChI=1S/C12H15N3O4/c13-12(18)19-9-3-4-10(14-6-9)11(17)15-5-1-2-8(16)7-15/h3-4,6,8,16H,1-2,5,7H2,(H2,13,18)/t8-/m1/s1. The van der Waals surface area contributed by atoms with E-state index in [1.807, 2.05) is 0 Å². The number of hydrogen-bond donors (Lipinski definition) is 2. The van der Waals surface area contributed by atoms with Crippen LogP contribution in [-0.2, 0) is 0 Å². The van der Waals surface area contributed by atoms with Crippen molar-refractivity contribution in [2.75, 3.05) is 13.1 Å². The van der Waals surface area contributed by atoms with Gasteiger partial charge in [-0.2, -0.15) is 0 Å². The van der Waals surface area contributed by atoms with Gasteiger partial charge in [-0.25, -0.2) is 9.78 Å². The summed E-state index contributed by atoms with van der Waals surface area (Å²) in [6.45, 7) is 0.928. The second-order valence-corrected chi connectivity index (χ2v) is 4.35. The van der Waals surface area contributed by atoms with Crippen molar-refractivity contribution in [2.45, 2.75) is 18.9 Å². The third-order valence-corrected chi connectivity index (χ3v) is 2.86. The van der Waals surface area contributed by atoms with Crippen molar-refractivity contribution in [3.05, 3.63) is 24.0 Å². The van der Waals surface area contributed by atoms with Crippen molar-refractivity contribution in [3.63, 3.8) is 0 Å². The van der Waals surface area contributed by atoms with Gasteiger partial charge in [-0.15, -0.1) is 0 Å². The Morgan fingerprint density at radius 1 is 1.47 bits per heavy atom. The SMILES string of the molecule is NC(=O)Oc1ccc(C(=O)N2CCC[C@@H](O)C2)nc1. The number of rotatable bonds is 2. The second-order valence-electron chi connectivity index (χ2n) is 4.35. The zero-order valence-electron chi connectivity index (χ0n) is 10.3. The number of amides is 2. The summed E-state index contributed by atoms with van der Waals surface area (Å²) in [6.07, 6.45) is 1.34. The highest BCUT2D eigenvalue weighted by Crippen LogP contribution is 2.14. The molecule has 1 saturated heterocycles. The highest BCUT2D eigenvalue weighted by atomic mass is 16.5. The largest absolute Gasteiger partial charge is 0.410 e. The maximum atomic E-state index is 12.1. The van der Waals surface area contributed by atoms with E-state index in [1.54, 1.807) is 4.90 Å². The highest BCUT2D eigenvalue weighted by molar-refractivity contribution is 5.92. The first kappa shape index (κ1) is 13.3. The number of aliphatic hydroxyl groups excluding tert-OH is 1. The van der Waals surface area contributed by atoms with E-state index >= 15 is 0 Å². The van der Waals surface area contributed by atoms with Crippen LogP contribution in [0.2, 0.25) is 0 Å². The summed E-state index contributed by atoms with van der Waals surface area (Å²) in [5.74, 6) is -0.0629. The fourth-order valence-corrected chi connectivity index (χ4v) is 1.98. The predicted molar refractivity (Wildman–Crippen MR) is 65.6 cm³/mol. The van der Waals surface area contributed by atoms with Gasteiger partial charge in [0, 0.05) is 13.1 Å². The van der Waals surface area contributed by atoms with Crippen LogP contribution in [0.5, 0.6) is 5.75 Å². The van der Waals surface area contributed by atoms with Crippen LogP contribution in [0.25, 0.3) is 0 Å². The molecule has 1 aromatic rings. The van der Waals surface area contributed by atoms with Gasteiger partial charge in [0.15, 0.2) is 5.75 Å². The number of β-amino-alcohol motifs (C(OH)–C–C–N with tert-alkyl or cyclic N) is 1. The first-order valence-electron chi connectivity index (χ1n) is 5.97. The van der Waals surface area contributed by atoms with Crippen LogP contribution in [0, 0.1) is 0 Å². The quantitative estimate of drug-likeness (QED) is 0.791. The van der Waals surface area contributed by atoms with Crippen molar-refractivity contribution in [1.82, 2.24) is 9.88 Å². The number of nitrogens with two attached hydrogens (primary N) is 1. The Balaban J connectivity index is 2.04. The van der Waals surface area contributed by atoms with Crippen molar-refractivity contribution in [1.29, 1.82) is 0 Å². The molecule has 1 aliphatic heterocycles. The Kier molecular flexibility index (Phi) is 3.96. The van der Waals surface area contributed by atoms with E-state index in [2.05, 4.69) is 9.72 Å². The number of piperidine rings is 1. The summed E-state index contributed by atoms with van der Waals surface area (Å²) < 4.78 is 4.62. The van der Waals surface area contributed by atoms with Gasteiger partial charge < -0.3 is 20.5 Å². The number of primary amides is 1. The number of aromatic nitrogens is 1. The number of nitrogens with zero attached hydrogens (tertiary/aromatic N) is 2. The molecule has 1 aromatic heterocycles. The molecule has 2 rings (SSSR count). The molecule has 0 saturated carbocycles. The zero-order valence-corrected chi connectivity index (χ0v) is 10.3. The third-order valence-electron chi connectivity index (χ3n) is 2.86. The molecule has 2 amide bonds. The lowest BCUT2D eigenvalue weighted by Crippen LogP contribution is -2.42. The molecule has 1 aliphatic rings. The van der Waals surface area contributed by atoms with Gasteiger partial charge in [0.2, 0.25) is 0 Å². The molecule has 102 valence electrons. The average Bonchev–Trinajstić information content (AvgIpc) is 2.38. The maximum Gasteiger partial charge on any atom is 0.410 e. The van der Waals surface area contributed by atoms with Crippen LogP contribution < -0.4 is 10.5 Å². The first-order valence-corrected chi connectivity index (χ1v) is 5.97. The number of pyridine rings is 1. The predicted octanol–water partition coefficient (Wildman–Crippen LogP) is 0.136. The van der Waals surface area contributed by atoms with Gasteiger partial charge in [0.1, 0.15) is 5.69 Å². The number of carbonyl (C=O) groups is 2. The highest BCUT2D eigenvalue weighted by Gasteiger charge is 2.23. The second kappa shape index (κ2) is 5.66. The Morgan fingerprint density at radius 3 is 2.84 bits per heavy atom. The Morgan fingerprint density at radius 2 is 2.26 bits per heavy atom. The Labute approximate surface area is 110 Å². The lowest BCUT2D eigenvalue weighted by atomic mass is 10.1. The maximum absolute atomic E-state index is 12.1. The molecule has 0 radical (unpaired) electrons. The molecular weight excluding hydrogens is 250 g/mol. The van der Waals surface area contributed by atoms with Crippen LogP contribution in [0.15, 0.2) is 18.3 Å². The first-order chi connectivity index (χ1) is 9.06. The number of carbonyl (C=O) groups excluding carboxylic acids is 2. The number of hydrogen-bond acceptors (Lipinski definition) is 5. The van der Waals surface area contributed by atoms with Gasteiger partial charge in [-0.3, -0.25) is 4.79 Å². The number of likely N-dealkylation sites (tertiary alicyclic amines) is 1. The molecule has 0 bridgehead atoms. The van der Waals surface area contributed by atoms with E-state index < -0.39 is 12.2 Å². The molecule has 0 unspecified atom stereocenters. The Hall–Kier alpha value is -2.15. The van der Waals surface area contributed by atoms with Crippen molar-refractivity contribution in [3.8, 4) is 5.75 Å².